The van der Waals surface area contributed by atoms with Gasteiger partial charge >= 0.3 is 11.9 Å². The van der Waals surface area contributed by atoms with E-state index in [1.807, 2.05) is 0 Å². The molecule has 1 atom stereocenters. The minimum atomic E-state index is -4.03. The summed E-state index contributed by atoms with van der Waals surface area (Å²) in [4.78, 5) is 21.2. The molecule has 0 radical (unpaired) electrons. The molecule has 0 saturated carbocycles. The first-order valence-corrected chi connectivity index (χ1v) is 6.71. The number of nitrogens with zero attached hydrogens (tertiary/aromatic N) is 1. The van der Waals surface area contributed by atoms with E-state index in [4.69, 9.17) is 10.2 Å². The molecule has 9 nitrogen and oxygen atoms in total. The fourth-order valence-corrected chi connectivity index (χ4v) is 2.52. The molecule has 0 aromatic carbocycles. The van der Waals surface area contributed by atoms with Gasteiger partial charge < -0.3 is 14.7 Å². The zero-order valence-corrected chi connectivity index (χ0v) is 10.7. The lowest BCUT2D eigenvalue weighted by atomic mass is 10.2. The SMILES string of the molecule is Cc1cc(CS(=O)(=O)N[C@@H](CC(=O)O)C(=O)O)no1. The molecule has 0 bridgehead atoms. The van der Waals surface area contributed by atoms with Crippen LogP contribution in [0.25, 0.3) is 0 Å². The highest BCUT2D eigenvalue weighted by Crippen LogP contribution is 2.07. The van der Waals surface area contributed by atoms with Crippen molar-refractivity contribution in [3.63, 3.8) is 0 Å². The maximum Gasteiger partial charge on any atom is 0.322 e. The molecule has 1 heterocycles. The quantitative estimate of drug-likeness (QED) is 0.599. The van der Waals surface area contributed by atoms with Gasteiger partial charge in [-0.3, -0.25) is 9.59 Å². The Hall–Kier alpha value is -1.94. The van der Waals surface area contributed by atoms with Crippen LogP contribution in [0.2, 0.25) is 0 Å². The van der Waals surface area contributed by atoms with Crippen LogP contribution in [0.5, 0.6) is 0 Å². The van der Waals surface area contributed by atoms with Crippen LogP contribution in [0.3, 0.4) is 0 Å². The van der Waals surface area contributed by atoms with Gasteiger partial charge in [-0.15, -0.1) is 0 Å². The molecule has 106 valence electrons. The van der Waals surface area contributed by atoms with Crippen molar-refractivity contribution in [2.45, 2.75) is 25.1 Å². The van der Waals surface area contributed by atoms with E-state index >= 15 is 0 Å². The maximum atomic E-state index is 11.7. The lowest BCUT2D eigenvalue weighted by Gasteiger charge is -2.11. The topological polar surface area (TPSA) is 147 Å². The molecule has 19 heavy (non-hydrogen) atoms. The van der Waals surface area contributed by atoms with Crippen molar-refractivity contribution in [3.05, 3.63) is 17.5 Å². The zero-order chi connectivity index (χ0) is 14.6. The van der Waals surface area contributed by atoms with Crippen LogP contribution in [0.15, 0.2) is 10.6 Å². The van der Waals surface area contributed by atoms with Gasteiger partial charge in [0.25, 0.3) is 0 Å². The van der Waals surface area contributed by atoms with Gasteiger partial charge in [0, 0.05) is 6.07 Å². The average molecular weight is 292 g/mol. The van der Waals surface area contributed by atoms with Crippen LogP contribution in [0, 0.1) is 6.92 Å². The number of nitrogens with one attached hydrogen (secondary N) is 1. The van der Waals surface area contributed by atoms with E-state index in [0.29, 0.717) is 5.76 Å². The van der Waals surface area contributed by atoms with Gasteiger partial charge in [-0.05, 0) is 6.92 Å². The predicted molar refractivity (Wildman–Crippen MR) is 60.7 cm³/mol. The van der Waals surface area contributed by atoms with E-state index in [0.717, 1.165) is 0 Å². The highest BCUT2D eigenvalue weighted by Gasteiger charge is 2.27. The van der Waals surface area contributed by atoms with Crippen molar-refractivity contribution < 1.29 is 32.7 Å². The van der Waals surface area contributed by atoms with E-state index in [1.165, 1.54) is 6.07 Å². The smallest absolute Gasteiger partial charge is 0.322 e. The summed E-state index contributed by atoms with van der Waals surface area (Å²) in [5.74, 6) is -3.17. The zero-order valence-electron chi connectivity index (χ0n) is 9.86. The molecule has 0 saturated heterocycles. The molecule has 10 heteroatoms. The van der Waals surface area contributed by atoms with Crippen molar-refractivity contribution in [2.24, 2.45) is 0 Å². The first kappa shape index (κ1) is 15.1. The van der Waals surface area contributed by atoms with E-state index in [1.54, 1.807) is 11.6 Å². The lowest BCUT2D eigenvalue weighted by Crippen LogP contribution is -2.42. The highest BCUT2D eigenvalue weighted by atomic mass is 32.2. The first-order valence-electron chi connectivity index (χ1n) is 5.06. The van der Waals surface area contributed by atoms with Gasteiger partial charge in [-0.25, -0.2) is 8.42 Å². The molecule has 1 aromatic rings. The molecule has 0 spiro atoms. The summed E-state index contributed by atoms with van der Waals surface area (Å²) in [7, 11) is -4.03. The Morgan fingerprint density at radius 2 is 2.11 bits per heavy atom. The van der Waals surface area contributed by atoms with Crippen LogP contribution in [-0.4, -0.2) is 41.8 Å². The second kappa shape index (κ2) is 5.80. The van der Waals surface area contributed by atoms with Crippen LogP contribution in [0.4, 0.5) is 0 Å². The van der Waals surface area contributed by atoms with Gasteiger partial charge in [-0.2, -0.15) is 4.72 Å². The molecule has 3 N–H and O–H groups in total. The average Bonchev–Trinajstić information content (AvgIpc) is 2.60. The Labute approximate surface area is 108 Å². The number of carbonyl (C=O) groups is 2. The molecule has 0 aliphatic rings. The normalized spacial score (nSPS) is 13.1. The molecule has 0 unspecified atom stereocenters. The number of hydrogen-bond donors (Lipinski definition) is 3. The number of hydrogen-bond acceptors (Lipinski definition) is 6. The Bertz CT molecular complexity index is 577. The summed E-state index contributed by atoms with van der Waals surface area (Å²) in [6.07, 6.45) is -0.855. The van der Waals surface area contributed by atoms with Gasteiger partial charge in [0.15, 0.2) is 0 Å². The summed E-state index contributed by atoms with van der Waals surface area (Å²) in [6.45, 7) is 1.57. The first-order chi connectivity index (χ1) is 8.69. The van der Waals surface area contributed by atoms with Gasteiger partial charge in [0.1, 0.15) is 23.2 Å². The minimum Gasteiger partial charge on any atom is -0.481 e. The molecule has 0 fully saturated rings. The third-order valence-corrected chi connectivity index (χ3v) is 3.33. The molecule has 1 rings (SSSR count). The van der Waals surface area contributed by atoms with Gasteiger partial charge in [0.2, 0.25) is 10.0 Å². The van der Waals surface area contributed by atoms with Crippen molar-refractivity contribution in [3.8, 4) is 0 Å². The number of carboxylic acids is 2. The van der Waals surface area contributed by atoms with Gasteiger partial charge in [-0.1, -0.05) is 5.16 Å². The third-order valence-electron chi connectivity index (χ3n) is 2.01. The van der Waals surface area contributed by atoms with E-state index in [2.05, 4.69) is 9.68 Å². The molecule has 0 aliphatic heterocycles. The second-order valence-corrected chi connectivity index (χ2v) is 5.55. The highest BCUT2D eigenvalue weighted by molar-refractivity contribution is 7.88. The van der Waals surface area contributed by atoms with Crippen LogP contribution >= 0.6 is 0 Å². The Morgan fingerprint density at radius 1 is 1.47 bits per heavy atom. The minimum absolute atomic E-state index is 0.101. The van der Waals surface area contributed by atoms with Gasteiger partial charge in [0.05, 0.1) is 6.42 Å². The standard InChI is InChI=1S/C9H12N2O7S/c1-5-2-6(10-18-5)4-19(16,17)11-7(9(14)15)3-8(12)13/h2,7,11H,3-4H2,1H3,(H,12,13)(H,14,15)/t7-/m0/s1. The Balaban J connectivity index is 2.76. The Kier molecular flexibility index (Phi) is 4.62. The largest absolute Gasteiger partial charge is 0.481 e. The summed E-state index contributed by atoms with van der Waals surface area (Å²) in [6, 6.07) is -0.345. The summed E-state index contributed by atoms with van der Waals surface area (Å²) < 4.78 is 29.8. The van der Waals surface area contributed by atoms with E-state index in [9.17, 15) is 18.0 Å². The third kappa shape index (κ3) is 5.06. The van der Waals surface area contributed by atoms with Crippen LogP contribution in [0.1, 0.15) is 17.9 Å². The predicted octanol–water partition coefficient (Wildman–Crippen LogP) is -0.670. The fourth-order valence-electron chi connectivity index (χ4n) is 1.29. The molecule has 0 aliphatic carbocycles. The van der Waals surface area contributed by atoms with Crippen molar-refractivity contribution in [1.82, 2.24) is 9.88 Å². The summed E-state index contributed by atoms with van der Waals surface area (Å²) >= 11 is 0. The van der Waals surface area contributed by atoms with E-state index in [-0.39, 0.29) is 5.69 Å². The number of sulfonamides is 1. The number of aliphatic carboxylic acids is 2. The maximum absolute atomic E-state index is 11.7. The second-order valence-electron chi connectivity index (χ2n) is 3.79. The fraction of sp³-hybridized carbons (Fsp3) is 0.444. The summed E-state index contributed by atoms with van der Waals surface area (Å²) in [5, 5.41) is 20.7. The van der Waals surface area contributed by atoms with Crippen LogP contribution in [-0.2, 0) is 25.4 Å². The monoisotopic (exact) mass is 292 g/mol. The number of aryl methyl sites for hydroxylation is 1. The molecule has 1 aromatic heterocycles. The molecule has 0 amide bonds. The van der Waals surface area contributed by atoms with Crippen LogP contribution < -0.4 is 4.72 Å². The number of aromatic nitrogens is 1. The summed E-state index contributed by atoms with van der Waals surface area (Å²) in [5.41, 5.74) is 0.101. The molecular weight excluding hydrogens is 280 g/mol. The van der Waals surface area contributed by atoms with E-state index < -0.39 is 40.2 Å². The number of rotatable bonds is 7. The van der Waals surface area contributed by atoms with Crippen molar-refractivity contribution >= 4 is 22.0 Å². The lowest BCUT2D eigenvalue weighted by molar-refractivity contribution is -0.145. The number of carboxylic acid groups (broad SMARTS) is 2. The van der Waals surface area contributed by atoms with Crippen molar-refractivity contribution in [2.75, 3.05) is 0 Å². The van der Waals surface area contributed by atoms with Crippen molar-refractivity contribution in [1.29, 1.82) is 0 Å². The Morgan fingerprint density at radius 3 is 2.53 bits per heavy atom. The molecular formula is C9H12N2O7S.